The van der Waals surface area contributed by atoms with Gasteiger partial charge in [-0.2, -0.15) is 10.2 Å². The highest BCUT2D eigenvalue weighted by Crippen LogP contribution is 2.22. The number of aromatic nitrogens is 2. The zero-order valence-corrected chi connectivity index (χ0v) is 14.6. The fourth-order valence-electron chi connectivity index (χ4n) is 2.85. The number of H-pyrrole nitrogens is 1. The minimum Gasteiger partial charge on any atom is -0.306 e. The summed E-state index contributed by atoms with van der Waals surface area (Å²) in [5.74, 6) is 0. The first-order valence-corrected chi connectivity index (χ1v) is 8.45. The van der Waals surface area contributed by atoms with E-state index in [0.717, 1.165) is 15.8 Å². The number of fused-ring (bicyclic) bond motifs is 1. The Balaban J connectivity index is 1.71. The van der Waals surface area contributed by atoms with Gasteiger partial charge in [0.25, 0.3) is 5.56 Å². The van der Waals surface area contributed by atoms with Crippen LogP contribution < -0.4 is 11.2 Å². The second kappa shape index (κ2) is 6.84. The second-order valence-electron chi connectivity index (χ2n) is 6.12. The van der Waals surface area contributed by atoms with E-state index in [4.69, 9.17) is 0 Å². The topological polar surface area (TPSA) is 79.6 Å². The van der Waals surface area contributed by atoms with Gasteiger partial charge in [0.15, 0.2) is 0 Å². The van der Waals surface area contributed by atoms with E-state index in [1.165, 1.54) is 0 Å². The van der Waals surface area contributed by atoms with Gasteiger partial charge in [-0.15, -0.1) is 0 Å². The smallest absolute Gasteiger partial charge is 0.306 e. The number of rotatable bonds is 3. The van der Waals surface area contributed by atoms with Crippen molar-refractivity contribution in [1.29, 1.82) is 0 Å². The second-order valence-corrected chi connectivity index (χ2v) is 6.12. The van der Waals surface area contributed by atoms with Crippen LogP contribution in [0.5, 0.6) is 0 Å². The molecule has 6 heteroatoms. The lowest BCUT2D eigenvalue weighted by molar-refractivity contribution is 0.901. The Morgan fingerprint density at radius 3 is 2.30 bits per heavy atom. The summed E-state index contributed by atoms with van der Waals surface area (Å²) in [6.45, 7) is 1.97. The molecule has 1 aromatic heterocycles. The summed E-state index contributed by atoms with van der Waals surface area (Å²) in [7, 11) is 0. The maximum atomic E-state index is 12.7. The lowest BCUT2D eigenvalue weighted by Gasteiger charge is -2.06. The largest absolute Gasteiger partial charge is 0.333 e. The van der Waals surface area contributed by atoms with Crippen LogP contribution in [-0.4, -0.2) is 9.55 Å². The maximum Gasteiger partial charge on any atom is 0.333 e. The quantitative estimate of drug-likeness (QED) is 0.552. The molecule has 3 aromatic carbocycles. The summed E-state index contributed by atoms with van der Waals surface area (Å²) in [5.41, 5.74) is 2.62. The van der Waals surface area contributed by atoms with Crippen molar-refractivity contribution in [2.45, 2.75) is 6.92 Å². The molecule has 1 N–H and O–H groups in total. The number of para-hydroxylation sites is 1. The number of hydrogen-bond donors (Lipinski definition) is 1. The van der Waals surface area contributed by atoms with E-state index in [0.29, 0.717) is 22.3 Å². The molecule has 0 radical (unpaired) electrons. The lowest BCUT2D eigenvalue weighted by atomic mass is 10.2. The van der Waals surface area contributed by atoms with Crippen LogP contribution in [0.15, 0.2) is 92.6 Å². The van der Waals surface area contributed by atoms with Gasteiger partial charge in [-0.05, 0) is 55.0 Å². The van der Waals surface area contributed by atoms with Gasteiger partial charge in [-0.1, -0.05) is 30.3 Å². The number of hydrogen-bond acceptors (Lipinski definition) is 4. The first kappa shape index (κ1) is 16.7. The van der Waals surface area contributed by atoms with Gasteiger partial charge < -0.3 is 4.98 Å². The Morgan fingerprint density at radius 2 is 1.52 bits per heavy atom. The van der Waals surface area contributed by atoms with Crippen LogP contribution in [0, 0.1) is 6.92 Å². The van der Waals surface area contributed by atoms with Crippen LogP contribution in [0.4, 0.5) is 11.4 Å². The van der Waals surface area contributed by atoms with Gasteiger partial charge in [0.2, 0.25) is 0 Å². The van der Waals surface area contributed by atoms with Crippen LogP contribution in [0.3, 0.4) is 0 Å². The lowest BCUT2D eigenvalue weighted by Crippen LogP contribution is -2.33. The zero-order chi connectivity index (χ0) is 18.8. The van der Waals surface area contributed by atoms with Crippen LogP contribution >= 0.6 is 0 Å². The van der Waals surface area contributed by atoms with E-state index < -0.39 is 5.69 Å². The molecule has 132 valence electrons. The molecular formula is C21H16N4O2. The molecule has 0 aliphatic heterocycles. The Labute approximate surface area is 154 Å². The minimum atomic E-state index is -0.479. The molecule has 0 atom stereocenters. The molecule has 4 aromatic rings. The number of nitrogens with zero attached hydrogens (tertiary/aromatic N) is 3. The molecule has 4 rings (SSSR count). The summed E-state index contributed by atoms with van der Waals surface area (Å²) < 4.78 is 1.12. The SMILES string of the molecule is Cc1ccccc1N=Nc1ccc(-n2c(=O)[nH]c3ccccc3c2=O)cc1. The number of aryl methyl sites for hydroxylation is 1. The van der Waals surface area contributed by atoms with Crippen molar-refractivity contribution in [2.75, 3.05) is 0 Å². The van der Waals surface area contributed by atoms with Crippen LogP contribution in [0.1, 0.15) is 5.56 Å². The van der Waals surface area contributed by atoms with Crippen molar-refractivity contribution in [2.24, 2.45) is 10.2 Å². The summed E-state index contributed by atoms with van der Waals surface area (Å²) in [6.07, 6.45) is 0. The molecule has 0 unspecified atom stereocenters. The summed E-state index contributed by atoms with van der Waals surface area (Å²) in [6, 6.07) is 21.4. The summed E-state index contributed by atoms with van der Waals surface area (Å²) in [4.78, 5) is 27.8. The van der Waals surface area contributed by atoms with Gasteiger partial charge in [0.05, 0.1) is 28.0 Å². The average Bonchev–Trinajstić information content (AvgIpc) is 2.68. The van der Waals surface area contributed by atoms with Crippen LogP contribution in [0.2, 0.25) is 0 Å². The molecule has 0 saturated heterocycles. The number of aromatic amines is 1. The highest BCUT2D eigenvalue weighted by molar-refractivity contribution is 5.77. The molecule has 0 saturated carbocycles. The minimum absolute atomic E-state index is 0.358. The standard InChI is InChI=1S/C21H16N4O2/c1-14-6-2-4-8-18(14)24-23-15-10-12-16(13-11-15)25-20(26)17-7-3-5-9-19(17)22-21(25)27/h2-13H,1H3,(H,22,27). The van der Waals surface area contributed by atoms with E-state index >= 15 is 0 Å². The predicted octanol–water partition coefficient (Wildman–Crippen LogP) is 4.40. The number of azo groups is 1. The van der Waals surface area contributed by atoms with Gasteiger partial charge in [-0.25, -0.2) is 9.36 Å². The molecule has 27 heavy (non-hydrogen) atoms. The first-order chi connectivity index (χ1) is 13.1. The fourth-order valence-corrected chi connectivity index (χ4v) is 2.85. The van der Waals surface area contributed by atoms with Crippen LogP contribution in [-0.2, 0) is 0 Å². The van der Waals surface area contributed by atoms with E-state index in [-0.39, 0.29) is 5.56 Å². The molecule has 0 bridgehead atoms. The van der Waals surface area contributed by atoms with E-state index in [2.05, 4.69) is 15.2 Å². The van der Waals surface area contributed by atoms with Gasteiger partial charge >= 0.3 is 5.69 Å². The molecule has 0 amide bonds. The molecule has 0 fully saturated rings. The van der Waals surface area contributed by atoms with Crippen molar-refractivity contribution >= 4 is 22.3 Å². The third kappa shape index (κ3) is 3.20. The van der Waals surface area contributed by atoms with Crippen LogP contribution in [0.25, 0.3) is 16.6 Å². The summed E-state index contributed by atoms with van der Waals surface area (Å²) in [5, 5.41) is 8.92. The summed E-state index contributed by atoms with van der Waals surface area (Å²) >= 11 is 0. The third-order valence-corrected chi connectivity index (χ3v) is 4.30. The maximum absolute atomic E-state index is 12.7. The van der Waals surface area contributed by atoms with Crippen molar-refractivity contribution in [1.82, 2.24) is 9.55 Å². The fraction of sp³-hybridized carbons (Fsp3) is 0.0476. The van der Waals surface area contributed by atoms with Crippen molar-refractivity contribution in [3.05, 3.63) is 99.2 Å². The van der Waals surface area contributed by atoms with E-state index in [9.17, 15) is 9.59 Å². The Morgan fingerprint density at radius 1 is 0.815 bits per heavy atom. The third-order valence-electron chi connectivity index (χ3n) is 4.30. The Kier molecular flexibility index (Phi) is 4.22. The van der Waals surface area contributed by atoms with Crippen molar-refractivity contribution < 1.29 is 0 Å². The van der Waals surface area contributed by atoms with Gasteiger partial charge in [-0.3, -0.25) is 4.79 Å². The predicted molar refractivity (Wildman–Crippen MR) is 106 cm³/mol. The molecule has 1 heterocycles. The average molecular weight is 356 g/mol. The first-order valence-electron chi connectivity index (χ1n) is 8.45. The van der Waals surface area contributed by atoms with Crippen molar-refractivity contribution in [3.63, 3.8) is 0 Å². The Bertz CT molecular complexity index is 1270. The normalized spacial score (nSPS) is 11.3. The number of benzene rings is 3. The molecule has 0 spiro atoms. The molecule has 0 aliphatic rings. The van der Waals surface area contributed by atoms with E-state index in [1.807, 2.05) is 31.2 Å². The zero-order valence-electron chi connectivity index (χ0n) is 14.6. The highest BCUT2D eigenvalue weighted by atomic mass is 16.2. The molecule has 0 aliphatic carbocycles. The molecule has 6 nitrogen and oxygen atoms in total. The van der Waals surface area contributed by atoms with Gasteiger partial charge in [0.1, 0.15) is 0 Å². The van der Waals surface area contributed by atoms with E-state index in [1.54, 1.807) is 48.5 Å². The van der Waals surface area contributed by atoms with Crippen molar-refractivity contribution in [3.8, 4) is 5.69 Å². The Hall–Kier alpha value is -3.80. The number of nitrogens with one attached hydrogen (secondary N) is 1. The van der Waals surface area contributed by atoms with Gasteiger partial charge in [0, 0.05) is 0 Å². The monoisotopic (exact) mass is 356 g/mol. The highest BCUT2D eigenvalue weighted by Gasteiger charge is 2.09. The molecular weight excluding hydrogens is 340 g/mol.